The van der Waals surface area contributed by atoms with Crippen LogP contribution >= 0.6 is 0 Å². The molecule has 0 saturated carbocycles. The van der Waals surface area contributed by atoms with Crippen molar-refractivity contribution in [3.8, 4) is 5.75 Å². The number of aryl methyl sites for hydroxylation is 2. The monoisotopic (exact) mass is 373 g/mol. The van der Waals surface area contributed by atoms with E-state index in [4.69, 9.17) is 4.74 Å². The number of hydrogen-bond donors (Lipinski definition) is 3. The molecule has 0 bridgehead atoms. The van der Waals surface area contributed by atoms with Gasteiger partial charge < -0.3 is 20.7 Å². The number of anilines is 1. The van der Waals surface area contributed by atoms with Gasteiger partial charge in [-0.25, -0.2) is 4.79 Å². The van der Waals surface area contributed by atoms with Crippen molar-refractivity contribution in [3.05, 3.63) is 41.2 Å². The van der Waals surface area contributed by atoms with Crippen molar-refractivity contribution in [1.82, 2.24) is 20.4 Å². The maximum atomic E-state index is 12.3. The molecule has 27 heavy (non-hydrogen) atoms. The van der Waals surface area contributed by atoms with E-state index in [-0.39, 0.29) is 17.9 Å². The quantitative estimate of drug-likeness (QED) is 0.694. The van der Waals surface area contributed by atoms with Gasteiger partial charge in [-0.2, -0.15) is 5.10 Å². The number of rotatable bonds is 7. The molecule has 0 spiro atoms. The van der Waals surface area contributed by atoms with Gasteiger partial charge in [0.1, 0.15) is 5.75 Å². The molecule has 0 aliphatic carbocycles. The summed E-state index contributed by atoms with van der Waals surface area (Å²) < 4.78 is 7.19. The molecular formula is C19H27N5O3. The molecule has 0 fully saturated rings. The highest BCUT2D eigenvalue weighted by Crippen LogP contribution is 2.25. The molecule has 8 heteroatoms. The Kier molecular flexibility index (Phi) is 6.81. The maximum Gasteiger partial charge on any atom is 0.319 e. The third-order valence-corrected chi connectivity index (χ3v) is 4.14. The number of nitrogens with zero attached hydrogens (tertiary/aromatic N) is 2. The number of amides is 3. The number of hydrogen-bond acceptors (Lipinski definition) is 4. The van der Waals surface area contributed by atoms with Crippen molar-refractivity contribution >= 4 is 17.6 Å². The molecule has 3 N–H and O–H groups in total. The van der Waals surface area contributed by atoms with Gasteiger partial charge in [0, 0.05) is 31.4 Å². The van der Waals surface area contributed by atoms with Gasteiger partial charge in [0.25, 0.3) is 5.91 Å². The first-order valence-corrected chi connectivity index (χ1v) is 8.80. The summed E-state index contributed by atoms with van der Waals surface area (Å²) in [5.41, 5.74) is 2.95. The van der Waals surface area contributed by atoms with E-state index in [1.54, 1.807) is 25.2 Å². The summed E-state index contributed by atoms with van der Waals surface area (Å²) in [7, 11) is 3.06. The van der Waals surface area contributed by atoms with Crippen molar-refractivity contribution < 1.29 is 14.3 Å². The SMILES string of the molecule is CNC(=O)c1ccc(OC)c(NC(=O)NCC(C)Cn2nc(C)cc2C)c1. The van der Waals surface area contributed by atoms with Crippen molar-refractivity contribution in [2.75, 3.05) is 26.0 Å². The zero-order valence-corrected chi connectivity index (χ0v) is 16.4. The van der Waals surface area contributed by atoms with E-state index in [0.29, 0.717) is 23.5 Å². The number of carbonyl (C=O) groups is 2. The van der Waals surface area contributed by atoms with Crippen molar-refractivity contribution in [2.24, 2.45) is 5.92 Å². The largest absolute Gasteiger partial charge is 0.495 e. The van der Waals surface area contributed by atoms with Crippen LogP contribution < -0.4 is 20.7 Å². The molecule has 1 aromatic heterocycles. The second kappa shape index (κ2) is 9.07. The number of methoxy groups -OCH3 is 1. The van der Waals surface area contributed by atoms with Gasteiger partial charge in [0.15, 0.2) is 0 Å². The molecule has 3 amide bonds. The highest BCUT2D eigenvalue weighted by molar-refractivity contribution is 5.97. The molecule has 0 aliphatic heterocycles. The van der Waals surface area contributed by atoms with Gasteiger partial charge in [-0.15, -0.1) is 0 Å². The number of ether oxygens (including phenoxy) is 1. The molecule has 1 heterocycles. The van der Waals surface area contributed by atoms with Crippen LogP contribution in [0.4, 0.5) is 10.5 Å². The van der Waals surface area contributed by atoms with Gasteiger partial charge in [-0.05, 0) is 44.0 Å². The van der Waals surface area contributed by atoms with Crippen molar-refractivity contribution in [3.63, 3.8) is 0 Å². The Morgan fingerprint density at radius 2 is 2.00 bits per heavy atom. The topological polar surface area (TPSA) is 97.3 Å². The summed E-state index contributed by atoms with van der Waals surface area (Å²) in [6, 6.07) is 6.53. The van der Waals surface area contributed by atoms with Gasteiger partial charge in [0.2, 0.25) is 0 Å². The van der Waals surface area contributed by atoms with Crippen LogP contribution in [0.3, 0.4) is 0 Å². The molecule has 2 rings (SSSR count). The fraction of sp³-hybridized carbons (Fsp3) is 0.421. The number of aromatic nitrogens is 2. The number of urea groups is 1. The lowest BCUT2D eigenvalue weighted by Gasteiger charge is -2.16. The molecule has 0 aliphatic rings. The van der Waals surface area contributed by atoms with E-state index >= 15 is 0 Å². The Balaban J connectivity index is 1.94. The lowest BCUT2D eigenvalue weighted by Crippen LogP contribution is -2.34. The zero-order valence-electron chi connectivity index (χ0n) is 16.4. The fourth-order valence-electron chi connectivity index (χ4n) is 2.74. The number of carbonyl (C=O) groups excluding carboxylic acids is 2. The lowest BCUT2D eigenvalue weighted by atomic mass is 10.1. The second-order valence-corrected chi connectivity index (χ2v) is 6.54. The van der Waals surface area contributed by atoms with Crippen molar-refractivity contribution in [2.45, 2.75) is 27.3 Å². The molecule has 146 valence electrons. The van der Waals surface area contributed by atoms with Crippen LogP contribution in [-0.2, 0) is 6.54 Å². The molecule has 0 saturated heterocycles. The summed E-state index contributed by atoms with van der Waals surface area (Å²) in [6.45, 7) is 7.22. The summed E-state index contributed by atoms with van der Waals surface area (Å²) >= 11 is 0. The van der Waals surface area contributed by atoms with Crippen LogP contribution in [0.25, 0.3) is 0 Å². The Hall–Kier alpha value is -3.03. The minimum absolute atomic E-state index is 0.202. The zero-order chi connectivity index (χ0) is 20.0. The van der Waals surface area contributed by atoms with E-state index in [2.05, 4.69) is 21.0 Å². The normalized spacial score (nSPS) is 11.6. The van der Waals surface area contributed by atoms with E-state index < -0.39 is 0 Å². The van der Waals surface area contributed by atoms with E-state index in [0.717, 1.165) is 17.9 Å². The Morgan fingerprint density at radius 3 is 2.59 bits per heavy atom. The van der Waals surface area contributed by atoms with E-state index in [9.17, 15) is 9.59 Å². The average molecular weight is 373 g/mol. The van der Waals surface area contributed by atoms with Crippen LogP contribution in [0.15, 0.2) is 24.3 Å². The summed E-state index contributed by atoms with van der Waals surface area (Å²) in [5, 5.41) is 12.6. The highest BCUT2D eigenvalue weighted by Gasteiger charge is 2.13. The molecule has 1 aromatic carbocycles. The predicted octanol–water partition coefficient (Wildman–Crippen LogP) is 2.33. The predicted molar refractivity (Wildman–Crippen MR) is 104 cm³/mol. The first-order valence-electron chi connectivity index (χ1n) is 8.80. The first kappa shape index (κ1) is 20.3. The maximum absolute atomic E-state index is 12.3. The van der Waals surface area contributed by atoms with Crippen LogP contribution in [0.5, 0.6) is 5.75 Å². The summed E-state index contributed by atoms with van der Waals surface area (Å²) in [4.78, 5) is 24.0. The third kappa shape index (κ3) is 5.47. The average Bonchev–Trinajstić information content (AvgIpc) is 2.96. The molecular weight excluding hydrogens is 346 g/mol. The van der Waals surface area contributed by atoms with Crippen LogP contribution in [0, 0.1) is 19.8 Å². The molecule has 1 atom stereocenters. The molecule has 2 aromatic rings. The minimum Gasteiger partial charge on any atom is -0.495 e. The third-order valence-electron chi connectivity index (χ3n) is 4.14. The van der Waals surface area contributed by atoms with Crippen LogP contribution in [0.2, 0.25) is 0 Å². The van der Waals surface area contributed by atoms with E-state index in [1.807, 2.05) is 31.5 Å². The van der Waals surface area contributed by atoms with Crippen LogP contribution in [-0.4, -0.2) is 42.4 Å². The fourth-order valence-corrected chi connectivity index (χ4v) is 2.74. The summed E-state index contributed by atoms with van der Waals surface area (Å²) in [6.07, 6.45) is 0. The van der Waals surface area contributed by atoms with Gasteiger partial charge >= 0.3 is 6.03 Å². The van der Waals surface area contributed by atoms with Gasteiger partial charge in [-0.3, -0.25) is 9.48 Å². The molecule has 1 unspecified atom stereocenters. The van der Waals surface area contributed by atoms with Gasteiger partial charge in [-0.1, -0.05) is 6.92 Å². The number of nitrogens with one attached hydrogen (secondary N) is 3. The summed E-state index contributed by atoms with van der Waals surface area (Å²) in [5.74, 6) is 0.445. The smallest absolute Gasteiger partial charge is 0.319 e. The first-order chi connectivity index (χ1) is 12.8. The second-order valence-electron chi connectivity index (χ2n) is 6.54. The van der Waals surface area contributed by atoms with Crippen molar-refractivity contribution in [1.29, 1.82) is 0 Å². The number of benzene rings is 1. The minimum atomic E-state index is -0.359. The molecule has 0 radical (unpaired) electrons. The van der Waals surface area contributed by atoms with Crippen LogP contribution in [0.1, 0.15) is 28.7 Å². The van der Waals surface area contributed by atoms with Gasteiger partial charge in [0.05, 0.1) is 18.5 Å². The Labute approximate surface area is 159 Å². The lowest BCUT2D eigenvalue weighted by molar-refractivity contribution is 0.0963. The highest BCUT2D eigenvalue weighted by atomic mass is 16.5. The van der Waals surface area contributed by atoms with E-state index in [1.165, 1.54) is 7.11 Å². The Bertz CT molecular complexity index is 816. The Morgan fingerprint density at radius 1 is 1.26 bits per heavy atom. The standard InChI is InChI=1S/C19H27N5O3/c1-12(11-24-14(3)8-13(2)23-24)10-21-19(26)22-16-9-15(18(25)20-4)6-7-17(16)27-5/h6-9,12H,10-11H2,1-5H3,(H,20,25)(H2,21,22,26). The molecule has 8 nitrogen and oxygen atoms in total.